The fourth-order valence-corrected chi connectivity index (χ4v) is 3.12. The van der Waals surface area contributed by atoms with Gasteiger partial charge in [0.15, 0.2) is 0 Å². The second-order valence-electron chi connectivity index (χ2n) is 3.98. The van der Waals surface area contributed by atoms with Crippen molar-refractivity contribution in [3.8, 4) is 11.5 Å². The Balaban J connectivity index is 2.30. The first-order valence-corrected chi connectivity index (χ1v) is 7.85. The van der Waals surface area contributed by atoms with Crippen LogP contribution in [0.3, 0.4) is 0 Å². The van der Waals surface area contributed by atoms with E-state index in [1.165, 1.54) is 31.4 Å². The van der Waals surface area contributed by atoms with E-state index in [4.69, 9.17) is 4.74 Å². The Morgan fingerprint density at radius 2 is 1.80 bits per heavy atom. The zero-order chi connectivity index (χ0) is 14.8. The van der Waals surface area contributed by atoms with Gasteiger partial charge in [-0.25, -0.2) is 8.42 Å². The molecule has 0 bridgehead atoms. The van der Waals surface area contributed by atoms with Gasteiger partial charge in [0.1, 0.15) is 11.5 Å². The molecule has 2 N–H and O–H groups in total. The summed E-state index contributed by atoms with van der Waals surface area (Å²) in [6.07, 6.45) is 0. The van der Waals surface area contributed by atoms with Crippen molar-refractivity contribution in [1.29, 1.82) is 0 Å². The smallest absolute Gasteiger partial charge is 0.261 e. The lowest BCUT2D eigenvalue weighted by molar-refractivity contribution is 0.414. The Morgan fingerprint density at radius 3 is 2.35 bits per heavy atom. The third-order valence-corrected chi connectivity index (χ3v) is 4.36. The molecule has 2 rings (SSSR count). The quantitative estimate of drug-likeness (QED) is 0.881. The molecule has 0 aromatic heterocycles. The molecule has 0 unspecified atom stereocenters. The van der Waals surface area contributed by atoms with Crippen LogP contribution in [0.4, 0.5) is 5.69 Å². The molecule has 2 aromatic rings. The molecule has 7 heteroatoms. The molecule has 0 atom stereocenters. The van der Waals surface area contributed by atoms with Crippen molar-refractivity contribution in [2.45, 2.75) is 4.90 Å². The number of nitrogens with one attached hydrogen (secondary N) is 1. The number of ether oxygens (including phenoxy) is 1. The summed E-state index contributed by atoms with van der Waals surface area (Å²) in [7, 11) is -2.20. The average Bonchev–Trinajstić information content (AvgIpc) is 2.37. The highest BCUT2D eigenvalue weighted by Crippen LogP contribution is 2.26. The number of sulfonamides is 1. The van der Waals surface area contributed by atoms with Crippen LogP contribution >= 0.6 is 15.9 Å². The number of halogens is 1. The number of phenolic OH excluding ortho intramolecular Hbond substituents is 1. The molecule has 5 nitrogen and oxygen atoms in total. The number of aromatic hydroxyl groups is 1. The van der Waals surface area contributed by atoms with Crippen LogP contribution in [-0.4, -0.2) is 20.6 Å². The van der Waals surface area contributed by atoms with E-state index in [0.29, 0.717) is 10.2 Å². The van der Waals surface area contributed by atoms with Gasteiger partial charge in [-0.05, 0) is 36.4 Å². The van der Waals surface area contributed by atoms with Gasteiger partial charge in [0.2, 0.25) is 0 Å². The lowest BCUT2D eigenvalue weighted by Gasteiger charge is -2.09. The van der Waals surface area contributed by atoms with Crippen molar-refractivity contribution in [2.24, 2.45) is 0 Å². The summed E-state index contributed by atoms with van der Waals surface area (Å²) in [5.41, 5.74) is 0.271. The summed E-state index contributed by atoms with van der Waals surface area (Å²) < 4.78 is 32.3. The molecule has 2 aromatic carbocycles. The topological polar surface area (TPSA) is 75.6 Å². The molecule has 106 valence electrons. The third-order valence-electron chi connectivity index (χ3n) is 2.50. The molecular formula is C13H12BrNO4S. The molecule has 0 aliphatic rings. The van der Waals surface area contributed by atoms with Crippen LogP contribution in [-0.2, 0) is 10.0 Å². The molecule has 0 fully saturated rings. The molecule has 0 saturated heterocycles. The van der Waals surface area contributed by atoms with Gasteiger partial charge in [-0.3, -0.25) is 4.72 Å². The van der Waals surface area contributed by atoms with E-state index >= 15 is 0 Å². The molecule has 0 amide bonds. The van der Waals surface area contributed by atoms with Crippen molar-refractivity contribution in [1.82, 2.24) is 0 Å². The Morgan fingerprint density at radius 1 is 1.15 bits per heavy atom. The molecular weight excluding hydrogens is 346 g/mol. The molecule has 0 radical (unpaired) electrons. The first kappa shape index (κ1) is 14.7. The van der Waals surface area contributed by atoms with Crippen LogP contribution in [0.15, 0.2) is 51.8 Å². The molecule has 20 heavy (non-hydrogen) atoms. The van der Waals surface area contributed by atoms with E-state index < -0.39 is 10.0 Å². The number of hydrogen-bond acceptors (Lipinski definition) is 4. The van der Waals surface area contributed by atoms with Gasteiger partial charge in [0.05, 0.1) is 17.7 Å². The van der Waals surface area contributed by atoms with Crippen molar-refractivity contribution in [3.63, 3.8) is 0 Å². The van der Waals surface area contributed by atoms with Gasteiger partial charge in [0.25, 0.3) is 10.0 Å². The van der Waals surface area contributed by atoms with Crippen LogP contribution in [0.25, 0.3) is 0 Å². The monoisotopic (exact) mass is 357 g/mol. The minimum atomic E-state index is -3.71. The Labute approximate surface area is 125 Å². The van der Waals surface area contributed by atoms with Gasteiger partial charge >= 0.3 is 0 Å². The van der Waals surface area contributed by atoms with Gasteiger partial charge in [-0.15, -0.1) is 0 Å². The fourth-order valence-electron chi connectivity index (χ4n) is 1.60. The lowest BCUT2D eigenvalue weighted by atomic mass is 10.3. The highest BCUT2D eigenvalue weighted by molar-refractivity contribution is 9.10. The number of benzene rings is 2. The summed E-state index contributed by atoms with van der Waals surface area (Å²) in [5, 5.41) is 9.45. The minimum absolute atomic E-state index is 0.0354. The van der Waals surface area contributed by atoms with Crippen LogP contribution in [0, 0.1) is 0 Å². The predicted molar refractivity (Wildman–Crippen MR) is 79.6 cm³/mol. The Hall–Kier alpha value is -1.73. The first-order valence-electron chi connectivity index (χ1n) is 5.57. The van der Waals surface area contributed by atoms with E-state index in [2.05, 4.69) is 20.7 Å². The van der Waals surface area contributed by atoms with Gasteiger partial charge in [-0.2, -0.15) is 0 Å². The van der Waals surface area contributed by atoms with Crippen molar-refractivity contribution in [3.05, 3.63) is 46.9 Å². The van der Waals surface area contributed by atoms with Gasteiger partial charge in [-0.1, -0.05) is 15.9 Å². The normalized spacial score (nSPS) is 11.1. The molecule has 0 aliphatic carbocycles. The van der Waals surface area contributed by atoms with Gasteiger partial charge < -0.3 is 9.84 Å². The van der Waals surface area contributed by atoms with Crippen LogP contribution in [0.5, 0.6) is 11.5 Å². The fraction of sp³-hybridized carbons (Fsp3) is 0.0769. The summed E-state index contributed by atoms with van der Waals surface area (Å²) >= 11 is 3.18. The van der Waals surface area contributed by atoms with E-state index in [9.17, 15) is 13.5 Å². The summed E-state index contributed by atoms with van der Waals surface area (Å²) in [6.45, 7) is 0. The lowest BCUT2D eigenvalue weighted by Crippen LogP contribution is -2.12. The summed E-state index contributed by atoms with van der Waals surface area (Å²) in [5.74, 6) is 0.538. The maximum absolute atomic E-state index is 12.2. The number of methoxy groups -OCH3 is 1. The molecule has 0 heterocycles. The number of anilines is 1. The number of phenols is 1. The maximum Gasteiger partial charge on any atom is 0.261 e. The maximum atomic E-state index is 12.2. The second kappa shape index (κ2) is 5.72. The minimum Gasteiger partial charge on any atom is -0.508 e. The van der Waals surface area contributed by atoms with Crippen LogP contribution in [0.2, 0.25) is 0 Å². The molecule has 0 saturated carbocycles. The van der Waals surface area contributed by atoms with E-state index in [0.717, 1.165) is 0 Å². The molecule has 0 aliphatic heterocycles. The molecule has 0 spiro atoms. The Kier molecular flexibility index (Phi) is 4.20. The number of rotatable bonds is 4. The average molecular weight is 358 g/mol. The zero-order valence-electron chi connectivity index (χ0n) is 10.5. The number of hydrogen-bond donors (Lipinski definition) is 2. The predicted octanol–water partition coefficient (Wildman–Crippen LogP) is 2.96. The second-order valence-corrected chi connectivity index (χ2v) is 6.58. The van der Waals surface area contributed by atoms with Crippen LogP contribution in [0.1, 0.15) is 0 Å². The van der Waals surface area contributed by atoms with Crippen molar-refractivity contribution >= 4 is 31.6 Å². The van der Waals surface area contributed by atoms with E-state index in [-0.39, 0.29) is 16.3 Å². The largest absolute Gasteiger partial charge is 0.508 e. The summed E-state index contributed by atoms with van der Waals surface area (Å²) in [4.78, 5) is 0.109. The Bertz CT molecular complexity index is 693. The first-order chi connectivity index (χ1) is 9.40. The summed E-state index contributed by atoms with van der Waals surface area (Å²) in [6, 6.07) is 10.4. The zero-order valence-corrected chi connectivity index (χ0v) is 12.9. The van der Waals surface area contributed by atoms with Crippen molar-refractivity contribution in [2.75, 3.05) is 11.8 Å². The van der Waals surface area contributed by atoms with E-state index in [1.54, 1.807) is 18.2 Å². The van der Waals surface area contributed by atoms with E-state index in [1.807, 2.05) is 0 Å². The standard InChI is InChI=1S/C13H12BrNO4S/c1-19-12-2-4-13(5-3-12)20(17,18)15-10-6-9(14)7-11(16)8-10/h2-8,15-16H,1H3. The highest BCUT2D eigenvalue weighted by Gasteiger charge is 2.14. The highest BCUT2D eigenvalue weighted by atomic mass is 79.9. The SMILES string of the molecule is COc1ccc(S(=O)(=O)Nc2cc(O)cc(Br)c2)cc1. The van der Waals surface area contributed by atoms with Crippen LogP contribution < -0.4 is 9.46 Å². The third kappa shape index (κ3) is 3.43. The van der Waals surface area contributed by atoms with Crippen molar-refractivity contribution < 1.29 is 18.3 Å². The van der Waals surface area contributed by atoms with Gasteiger partial charge in [0, 0.05) is 10.5 Å².